The van der Waals surface area contributed by atoms with Crippen molar-refractivity contribution in [3.8, 4) is 0 Å². The minimum Gasteiger partial charge on any atom is -0.394 e. The predicted octanol–water partition coefficient (Wildman–Crippen LogP) is 5.05. The Kier molecular flexibility index (Phi) is 18.8. The lowest BCUT2D eigenvalue weighted by Crippen LogP contribution is -2.45. The SMILES string of the molecule is CCCC/C=C\CCCCCCCC(=O)NC(CO)C(O)/C=C/CCCC. The number of carbonyl (C=O) groups is 1. The van der Waals surface area contributed by atoms with Gasteiger partial charge in [0.2, 0.25) is 5.91 Å². The first-order chi connectivity index (χ1) is 13.2. The number of unbranched alkanes of at least 4 members (excludes halogenated alkanes) is 9. The van der Waals surface area contributed by atoms with Gasteiger partial charge in [0, 0.05) is 6.42 Å². The van der Waals surface area contributed by atoms with E-state index in [0.717, 1.165) is 44.9 Å². The van der Waals surface area contributed by atoms with Crippen LogP contribution in [0.5, 0.6) is 0 Å². The third kappa shape index (κ3) is 16.7. The summed E-state index contributed by atoms with van der Waals surface area (Å²) in [6, 6.07) is -0.616. The Morgan fingerprint density at radius 3 is 2.04 bits per heavy atom. The number of hydrogen-bond donors (Lipinski definition) is 3. The first kappa shape index (κ1) is 25.9. The van der Waals surface area contributed by atoms with Crippen molar-refractivity contribution in [3.63, 3.8) is 0 Å². The first-order valence-corrected chi connectivity index (χ1v) is 11.1. The maximum absolute atomic E-state index is 12.0. The number of allylic oxidation sites excluding steroid dienone is 3. The summed E-state index contributed by atoms with van der Waals surface area (Å²) >= 11 is 0. The molecule has 0 saturated carbocycles. The van der Waals surface area contributed by atoms with Crippen LogP contribution in [0.2, 0.25) is 0 Å². The molecule has 0 aromatic rings. The second kappa shape index (κ2) is 19.6. The summed E-state index contributed by atoms with van der Waals surface area (Å²) in [5, 5.41) is 22.2. The van der Waals surface area contributed by atoms with Crippen molar-refractivity contribution < 1.29 is 15.0 Å². The van der Waals surface area contributed by atoms with Crippen molar-refractivity contribution in [3.05, 3.63) is 24.3 Å². The molecule has 4 nitrogen and oxygen atoms in total. The van der Waals surface area contributed by atoms with Gasteiger partial charge in [-0.2, -0.15) is 0 Å². The average molecular weight is 382 g/mol. The molecular formula is C23H43NO3. The van der Waals surface area contributed by atoms with Crippen LogP contribution < -0.4 is 5.32 Å². The molecule has 158 valence electrons. The molecule has 0 bridgehead atoms. The van der Waals surface area contributed by atoms with Gasteiger partial charge in [-0.15, -0.1) is 0 Å². The highest BCUT2D eigenvalue weighted by atomic mass is 16.3. The smallest absolute Gasteiger partial charge is 0.220 e. The molecule has 3 N–H and O–H groups in total. The van der Waals surface area contributed by atoms with E-state index in [0.29, 0.717) is 6.42 Å². The van der Waals surface area contributed by atoms with Crippen LogP contribution in [-0.4, -0.2) is 34.9 Å². The molecule has 0 spiro atoms. The molecule has 0 rings (SSSR count). The Bertz CT molecular complexity index is 393. The van der Waals surface area contributed by atoms with Gasteiger partial charge in [0.15, 0.2) is 0 Å². The number of nitrogens with one attached hydrogen (secondary N) is 1. The lowest BCUT2D eigenvalue weighted by molar-refractivity contribution is -0.123. The van der Waals surface area contributed by atoms with Crippen molar-refractivity contribution in [2.75, 3.05) is 6.61 Å². The molecule has 0 aromatic heterocycles. The third-order valence-corrected chi connectivity index (χ3v) is 4.68. The summed E-state index contributed by atoms with van der Waals surface area (Å²) in [6.45, 7) is 4.08. The summed E-state index contributed by atoms with van der Waals surface area (Å²) in [4.78, 5) is 12.0. The Morgan fingerprint density at radius 2 is 1.41 bits per heavy atom. The highest BCUT2D eigenvalue weighted by Crippen LogP contribution is 2.09. The normalized spacial score (nSPS) is 14.1. The number of carbonyl (C=O) groups excluding carboxylic acids is 1. The maximum Gasteiger partial charge on any atom is 0.220 e. The minimum absolute atomic E-state index is 0.0890. The Hall–Kier alpha value is -1.13. The van der Waals surface area contributed by atoms with E-state index in [1.165, 1.54) is 32.1 Å². The van der Waals surface area contributed by atoms with Gasteiger partial charge >= 0.3 is 0 Å². The zero-order valence-corrected chi connectivity index (χ0v) is 17.7. The molecule has 0 aliphatic rings. The van der Waals surface area contributed by atoms with Crippen LogP contribution in [0.3, 0.4) is 0 Å². The van der Waals surface area contributed by atoms with E-state index in [4.69, 9.17) is 0 Å². The summed E-state index contributed by atoms with van der Waals surface area (Å²) in [7, 11) is 0. The molecular weight excluding hydrogens is 338 g/mol. The van der Waals surface area contributed by atoms with Gasteiger partial charge in [0.05, 0.1) is 18.8 Å². The van der Waals surface area contributed by atoms with Gasteiger partial charge < -0.3 is 15.5 Å². The van der Waals surface area contributed by atoms with Gasteiger partial charge in [0.25, 0.3) is 0 Å². The quantitative estimate of drug-likeness (QED) is 0.230. The lowest BCUT2D eigenvalue weighted by Gasteiger charge is -2.19. The predicted molar refractivity (Wildman–Crippen MR) is 115 cm³/mol. The fraction of sp³-hybridized carbons (Fsp3) is 0.783. The number of aliphatic hydroxyl groups is 2. The van der Waals surface area contributed by atoms with E-state index in [1.54, 1.807) is 6.08 Å². The molecule has 1 amide bonds. The van der Waals surface area contributed by atoms with Crippen LogP contribution in [0, 0.1) is 0 Å². The fourth-order valence-corrected chi connectivity index (χ4v) is 2.85. The summed E-state index contributed by atoms with van der Waals surface area (Å²) in [5.74, 6) is -0.0890. The maximum atomic E-state index is 12.0. The Labute approximate surface area is 167 Å². The van der Waals surface area contributed by atoms with E-state index in [9.17, 15) is 15.0 Å². The van der Waals surface area contributed by atoms with E-state index in [-0.39, 0.29) is 12.5 Å². The highest BCUT2D eigenvalue weighted by molar-refractivity contribution is 5.76. The zero-order valence-electron chi connectivity index (χ0n) is 17.7. The molecule has 0 heterocycles. The number of amides is 1. The first-order valence-electron chi connectivity index (χ1n) is 11.1. The Balaban J connectivity index is 3.73. The molecule has 2 atom stereocenters. The molecule has 0 aliphatic heterocycles. The minimum atomic E-state index is -0.832. The van der Waals surface area contributed by atoms with Crippen LogP contribution in [0.4, 0.5) is 0 Å². The lowest BCUT2D eigenvalue weighted by atomic mass is 10.1. The van der Waals surface area contributed by atoms with Crippen LogP contribution in [0.25, 0.3) is 0 Å². The highest BCUT2D eigenvalue weighted by Gasteiger charge is 2.17. The van der Waals surface area contributed by atoms with Crippen LogP contribution in [0.15, 0.2) is 24.3 Å². The fourth-order valence-electron chi connectivity index (χ4n) is 2.85. The van der Waals surface area contributed by atoms with Gasteiger partial charge in [-0.3, -0.25) is 4.79 Å². The average Bonchev–Trinajstić information content (AvgIpc) is 2.67. The molecule has 0 radical (unpaired) electrons. The summed E-state index contributed by atoms with van der Waals surface area (Å²) in [6.07, 6.45) is 21.3. The zero-order chi connectivity index (χ0) is 20.2. The molecule has 4 heteroatoms. The van der Waals surface area contributed by atoms with Crippen LogP contribution >= 0.6 is 0 Å². The van der Waals surface area contributed by atoms with E-state index < -0.39 is 12.1 Å². The van der Waals surface area contributed by atoms with Crippen molar-refractivity contribution in [2.24, 2.45) is 0 Å². The number of hydrogen-bond acceptors (Lipinski definition) is 3. The molecule has 2 unspecified atom stereocenters. The molecule has 0 saturated heterocycles. The third-order valence-electron chi connectivity index (χ3n) is 4.68. The summed E-state index contributed by atoms with van der Waals surface area (Å²) in [5.41, 5.74) is 0. The van der Waals surface area contributed by atoms with E-state index in [1.807, 2.05) is 6.08 Å². The van der Waals surface area contributed by atoms with Crippen molar-refractivity contribution in [1.82, 2.24) is 5.32 Å². The second-order valence-electron chi connectivity index (χ2n) is 7.34. The van der Waals surface area contributed by atoms with Gasteiger partial charge in [-0.05, 0) is 32.1 Å². The van der Waals surface area contributed by atoms with Gasteiger partial charge in [0.1, 0.15) is 0 Å². The standard InChI is InChI=1S/C23H43NO3/c1-3-5-7-9-10-11-12-13-14-15-17-19-23(27)24-21(20-25)22(26)18-16-8-6-4-2/h9-10,16,18,21-22,25-26H,3-8,11-15,17,19-20H2,1-2H3,(H,24,27)/b10-9-,18-16+. The second-order valence-corrected chi connectivity index (χ2v) is 7.34. The molecule has 0 aromatic carbocycles. The number of rotatable bonds is 18. The van der Waals surface area contributed by atoms with Crippen molar-refractivity contribution in [2.45, 2.75) is 109 Å². The van der Waals surface area contributed by atoms with Crippen molar-refractivity contribution in [1.29, 1.82) is 0 Å². The van der Waals surface area contributed by atoms with Crippen molar-refractivity contribution >= 4 is 5.91 Å². The molecule has 0 fully saturated rings. The van der Waals surface area contributed by atoms with E-state index in [2.05, 4.69) is 31.3 Å². The van der Waals surface area contributed by atoms with Crippen LogP contribution in [-0.2, 0) is 4.79 Å². The van der Waals surface area contributed by atoms with Gasteiger partial charge in [-0.1, -0.05) is 83.1 Å². The van der Waals surface area contributed by atoms with Crippen LogP contribution in [0.1, 0.15) is 97.3 Å². The molecule has 0 aliphatic carbocycles. The molecule has 27 heavy (non-hydrogen) atoms. The monoisotopic (exact) mass is 381 g/mol. The van der Waals surface area contributed by atoms with Gasteiger partial charge in [-0.25, -0.2) is 0 Å². The topological polar surface area (TPSA) is 69.6 Å². The number of aliphatic hydroxyl groups excluding tert-OH is 2. The largest absolute Gasteiger partial charge is 0.394 e. The summed E-state index contributed by atoms with van der Waals surface area (Å²) < 4.78 is 0. The van der Waals surface area contributed by atoms with E-state index >= 15 is 0 Å². The Morgan fingerprint density at radius 1 is 0.852 bits per heavy atom.